The quantitative estimate of drug-likeness (QED) is 0.831. The molecule has 1 heterocycles. The van der Waals surface area contributed by atoms with Crippen LogP contribution in [-0.2, 0) is 5.60 Å². The zero-order valence-electron chi connectivity index (χ0n) is 9.40. The number of piperidine rings is 1. The molecule has 2 N–H and O–H groups in total. The van der Waals surface area contributed by atoms with E-state index in [1.165, 1.54) is 0 Å². The fraction of sp³-hybridized carbons (Fsp3) is 0.500. The Balaban J connectivity index is 0.00000128. The minimum Gasteiger partial charge on any atom is -0.497 e. The van der Waals surface area contributed by atoms with Crippen LogP contribution in [-0.4, -0.2) is 25.3 Å². The van der Waals surface area contributed by atoms with E-state index in [-0.39, 0.29) is 12.4 Å². The first-order valence-corrected chi connectivity index (χ1v) is 5.32. The van der Waals surface area contributed by atoms with Crippen LogP contribution >= 0.6 is 12.4 Å². The molecule has 0 aliphatic carbocycles. The van der Waals surface area contributed by atoms with Crippen LogP contribution in [0.25, 0.3) is 0 Å². The zero-order chi connectivity index (χ0) is 10.7. The van der Waals surface area contributed by atoms with E-state index in [4.69, 9.17) is 4.74 Å². The van der Waals surface area contributed by atoms with Crippen LogP contribution in [0.2, 0.25) is 0 Å². The molecule has 1 aliphatic heterocycles. The van der Waals surface area contributed by atoms with Crippen LogP contribution in [0.3, 0.4) is 0 Å². The molecule has 0 amide bonds. The van der Waals surface area contributed by atoms with Gasteiger partial charge in [0.25, 0.3) is 0 Å². The molecule has 16 heavy (non-hydrogen) atoms. The van der Waals surface area contributed by atoms with Crippen molar-refractivity contribution in [2.24, 2.45) is 0 Å². The van der Waals surface area contributed by atoms with Gasteiger partial charge in [-0.2, -0.15) is 0 Å². The Labute approximate surface area is 102 Å². The third-order valence-electron chi connectivity index (χ3n) is 2.97. The summed E-state index contributed by atoms with van der Waals surface area (Å²) < 4.78 is 5.16. The number of aliphatic hydroxyl groups is 1. The van der Waals surface area contributed by atoms with Gasteiger partial charge in [0, 0.05) is 6.54 Å². The highest BCUT2D eigenvalue weighted by Gasteiger charge is 2.31. The fourth-order valence-electron chi connectivity index (χ4n) is 2.05. The van der Waals surface area contributed by atoms with Crippen molar-refractivity contribution >= 4 is 12.4 Å². The van der Waals surface area contributed by atoms with Gasteiger partial charge in [0.1, 0.15) is 11.4 Å². The monoisotopic (exact) mass is 243 g/mol. The van der Waals surface area contributed by atoms with Gasteiger partial charge in [0.15, 0.2) is 0 Å². The van der Waals surface area contributed by atoms with E-state index in [0.29, 0.717) is 6.54 Å². The van der Waals surface area contributed by atoms with E-state index in [0.717, 1.165) is 30.7 Å². The molecule has 0 bridgehead atoms. The molecular formula is C12H18ClNO2. The second-order valence-corrected chi connectivity index (χ2v) is 4.04. The average molecular weight is 244 g/mol. The molecule has 1 aliphatic rings. The van der Waals surface area contributed by atoms with E-state index < -0.39 is 5.60 Å². The second kappa shape index (κ2) is 5.53. The summed E-state index contributed by atoms with van der Waals surface area (Å²) in [5.74, 6) is 0.798. The molecule has 90 valence electrons. The van der Waals surface area contributed by atoms with Crippen molar-refractivity contribution in [1.82, 2.24) is 5.32 Å². The van der Waals surface area contributed by atoms with Crippen LogP contribution in [0.5, 0.6) is 5.75 Å². The number of hydrogen-bond acceptors (Lipinski definition) is 3. The predicted octanol–water partition coefficient (Wildman–Crippen LogP) is 1.69. The summed E-state index contributed by atoms with van der Waals surface area (Å²) in [6, 6.07) is 7.67. The van der Waals surface area contributed by atoms with Gasteiger partial charge in [-0.15, -0.1) is 12.4 Å². The van der Waals surface area contributed by atoms with Gasteiger partial charge < -0.3 is 15.2 Å². The zero-order valence-corrected chi connectivity index (χ0v) is 10.2. The lowest BCUT2D eigenvalue weighted by molar-refractivity contribution is 0.0121. The Morgan fingerprint density at radius 1 is 1.44 bits per heavy atom. The Bertz CT molecular complexity index is 338. The van der Waals surface area contributed by atoms with Gasteiger partial charge in [-0.05, 0) is 37.1 Å². The smallest absolute Gasteiger partial charge is 0.119 e. The summed E-state index contributed by atoms with van der Waals surface area (Å²) in [6.07, 6.45) is 1.82. The highest BCUT2D eigenvalue weighted by molar-refractivity contribution is 5.85. The third-order valence-corrected chi connectivity index (χ3v) is 2.97. The minimum absolute atomic E-state index is 0. The molecule has 1 aromatic carbocycles. The summed E-state index contributed by atoms with van der Waals surface area (Å²) in [5.41, 5.74) is 0.210. The first-order chi connectivity index (χ1) is 7.24. The number of methoxy groups -OCH3 is 1. The maximum absolute atomic E-state index is 10.4. The Morgan fingerprint density at radius 2 is 2.25 bits per heavy atom. The lowest BCUT2D eigenvalue weighted by Crippen LogP contribution is -2.43. The van der Waals surface area contributed by atoms with Gasteiger partial charge in [0.2, 0.25) is 0 Å². The van der Waals surface area contributed by atoms with Gasteiger partial charge in [-0.3, -0.25) is 0 Å². The minimum atomic E-state index is -0.729. The second-order valence-electron chi connectivity index (χ2n) is 4.04. The first-order valence-electron chi connectivity index (χ1n) is 5.32. The highest BCUT2D eigenvalue weighted by Crippen LogP contribution is 2.30. The van der Waals surface area contributed by atoms with Gasteiger partial charge >= 0.3 is 0 Å². The molecule has 1 atom stereocenters. The van der Waals surface area contributed by atoms with Crippen molar-refractivity contribution in [3.63, 3.8) is 0 Å². The summed E-state index contributed by atoms with van der Waals surface area (Å²) in [6.45, 7) is 1.62. The Kier molecular flexibility index (Phi) is 4.59. The summed E-state index contributed by atoms with van der Waals surface area (Å²) in [7, 11) is 1.64. The van der Waals surface area contributed by atoms with Crippen molar-refractivity contribution in [1.29, 1.82) is 0 Å². The topological polar surface area (TPSA) is 41.5 Å². The molecule has 2 rings (SSSR count). The van der Waals surface area contributed by atoms with E-state index in [9.17, 15) is 5.11 Å². The van der Waals surface area contributed by atoms with Crippen LogP contribution < -0.4 is 10.1 Å². The van der Waals surface area contributed by atoms with Gasteiger partial charge in [-0.1, -0.05) is 12.1 Å². The number of ether oxygens (including phenoxy) is 1. The van der Waals surface area contributed by atoms with E-state index in [1.54, 1.807) is 7.11 Å². The molecule has 1 saturated heterocycles. The molecule has 4 heteroatoms. The summed E-state index contributed by atoms with van der Waals surface area (Å²) in [5, 5.41) is 13.7. The molecule has 1 unspecified atom stereocenters. The van der Waals surface area contributed by atoms with E-state index in [1.807, 2.05) is 24.3 Å². The number of hydrogen-bond donors (Lipinski definition) is 2. The third kappa shape index (κ3) is 2.67. The Morgan fingerprint density at radius 3 is 2.88 bits per heavy atom. The number of β-amino-alcohol motifs (C(OH)–C–C–N with tert-alkyl or cyclic N) is 1. The van der Waals surface area contributed by atoms with Crippen molar-refractivity contribution in [2.45, 2.75) is 18.4 Å². The highest BCUT2D eigenvalue weighted by atomic mass is 35.5. The first kappa shape index (κ1) is 13.3. The lowest BCUT2D eigenvalue weighted by Gasteiger charge is -2.33. The van der Waals surface area contributed by atoms with E-state index in [2.05, 4.69) is 5.32 Å². The molecule has 0 spiro atoms. The maximum atomic E-state index is 10.4. The van der Waals surface area contributed by atoms with Crippen LogP contribution in [0.4, 0.5) is 0 Å². The SMILES string of the molecule is COc1cccc(C2(O)CCCNC2)c1.Cl. The van der Waals surface area contributed by atoms with Crippen molar-refractivity contribution in [3.05, 3.63) is 29.8 Å². The standard InChI is InChI=1S/C12H17NO2.ClH/c1-15-11-5-2-4-10(8-11)12(14)6-3-7-13-9-12;/h2,4-5,8,13-14H,3,6-7,9H2,1H3;1H. The molecule has 0 radical (unpaired) electrons. The largest absolute Gasteiger partial charge is 0.497 e. The number of nitrogens with one attached hydrogen (secondary N) is 1. The predicted molar refractivity (Wildman–Crippen MR) is 66.2 cm³/mol. The van der Waals surface area contributed by atoms with Crippen molar-refractivity contribution < 1.29 is 9.84 Å². The summed E-state index contributed by atoms with van der Waals surface area (Å²) >= 11 is 0. The molecule has 0 aromatic heterocycles. The van der Waals surface area contributed by atoms with Crippen molar-refractivity contribution in [2.75, 3.05) is 20.2 Å². The van der Waals surface area contributed by atoms with Gasteiger partial charge in [0.05, 0.1) is 7.11 Å². The maximum Gasteiger partial charge on any atom is 0.119 e. The molecule has 0 saturated carbocycles. The van der Waals surface area contributed by atoms with Crippen molar-refractivity contribution in [3.8, 4) is 5.75 Å². The van der Waals surface area contributed by atoms with Crippen LogP contribution in [0, 0.1) is 0 Å². The molecule has 1 aromatic rings. The number of halogens is 1. The molecular weight excluding hydrogens is 226 g/mol. The normalized spacial score (nSPS) is 24.6. The lowest BCUT2D eigenvalue weighted by atomic mass is 9.86. The fourth-order valence-corrected chi connectivity index (χ4v) is 2.05. The summed E-state index contributed by atoms with van der Waals surface area (Å²) in [4.78, 5) is 0. The number of benzene rings is 1. The van der Waals surface area contributed by atoms with Crippen LogP contribution in [0.1, 0.15) is 18.4 Å². The Hall–Kier alpha value is -0.770. The van der Waals surface area contributed by atoms with E-state index >= 15 is 0 Å². The molecule has 1 fully saturated rings. The van der Waals surface area contributed by atoms with Gasteiger partial charge in [-0.25, -0.2) is 0 Å². The average Bonchev–Trinajstić information content (AvgIpc) is 2.30. The number of rotatable bonds is 2. The molecule has 3 nitrogen and oxygen atoms in total. The van der Waals surface area contributed by atoms with Crippen LogP contribution in [0.15, 0.2) is 24.3 Å².